The molecule has 8 heteroatoms. The highest BCUT2D eigenvalue weighted by Crippen LogP contribution is 2.30. The number of rotatable bonds is 6. The van der Waals surface area contributed by atoms with Crippen molar-refractivity contribution >= 4 is 23.5 Å². The van der Waals surface area contributed by atoms with Gasteiger partial charge in [-0.05, 0) is 26.0 Å². The summed E-state index contributed by atoms with van der Waals surface area (Å²) in [6.45, 7) is 4.47. The molecule has 23 heavy (non-hydrogen) atoms. The first kappa shape index (κ1) is 18.4. The zero-order chi connectivity index (χ0) is 17.6. The Hall–Kier alpha value is -2.64. The van der Waals surface area contributed by atoms with Gasteiger partial charge in [-0.1, -0.05) is 0 Å². The Balaban J connectivity index is 3.63. The van der Waals surface area contributed by atoms with E-state index in [1.54, 1.807) is 13.8 Å². The summed E-state index contributed by atoms with van der Waals surface area (Å²) in [6, 6.07) is 2.87. The second-order valence-electron chi connectivity index (χ2n) is 4.71. The van der Waals surface area contributed by atoms with Gasteiger partial charge in [0, 0.05) is 14.0 Å². The number of carbonyl (C=O) groups excluding carboxylic acids is 3. The van der Waals surface area contributed by atoms with Crippen LogP contribution in [0, 0.1) is 0 Å². The minimum atomic E-state index is -2.12. The zero-order valence-corrected chi connectivity index (χ0v) is 13.7. The first-order valence-electron chi connectivity index (χ1n) is 7.13. The molecule has 1 rings (SSSR count). The van der Waals surface area contributed by atoms with Crippen LogP contribution in [0.3, 0.4) is 0 Å². The highest BCUT2D eigenvalue weighted by Gasteiger charge is 2.56. The van der Waals surface area contributed by atoms with Crippen molar-refractivity contribution < 1.29 is 23.9 Å². The Morgan fingerprint density at radius 3 is 2.04 bits per heavy atom. The van der Waals surface area contributed by atoms with Crippen molar-refractivity contribution in [2.45, 2.75) is 26.3 Å². The number of pyridine rings is 1. The van der Waals surface area contributed by atoms with Gasteiger partial charge in [0.2, 0.25) is 5.91 Å². The first-order chi connectivity index (χ1) is 10.8. The molecule has 126 valence electrons. The summed E-state index contributed by atoms with van der Waals surface area (Å²) in [5.41, 5.74) is 3.83. The van der Waals surface area contributed by atoms with Gasteiger partial charge in [0.15, 0.2) is 0 Å². The molecule has 1 amide bonds. The smallest absolute Gasteiger partial charge is 0.350 e. The molecule has 1 aromatic heterocycles. The monoisotopic (exact) mass is 323 g/mol. The van der Waals surface area contributed by atoms with E-state index in [0.717, 1.165) is 4.90 Å². The van der Waals surface area contributed by atoms with E-state index < -0.39 is 23.4 Å². The number of nitrogens with two attached hydrogens (primary N) is 1. The van der Waals surface area contributed by atoms with Crippen molar-refractivity contribution in [3.05, 3.63) is 24.0 Å². The summed E-state index contributed by atoms with van der Waals surface area (Å²) in [5.74, 6) is -2.40. The molecule has 0 atom stereocenters. The number of aromatic nitrogens is 1. The maximum absolute atomic E-state index is 12.6. The van der Waals surface area contributed by atoms with Crippen molar-refractivity contribution in [3.63, 3.8) is 0 Å². The molecule has 0 saturated heterocycles. The predicted octanol–water partition coefficient (Wildman–Crippen LogP) is 0.464. The maximum Gasteiger partial charge on any atom is 0.350 e. The average Bonchev–Trinajstić information content (AvgIpc) is 2.50. The second-order valence-corrected chi connectivity index (χ2v) is 4.71. The van der Waals surface area contributed by atoms with Gasteiger partial charge in [0.05, 0.1) is 30.8 Å². The topological polar surface area (TPSA) is 112 Å². The van der Waals surface area contributed by atoms with Crippen molar-refractivity contribution in [2.24, 2.45) is 0 Å². The normalized spacial score (nSPS) is 10.8. The van der Waals surface area contributed by atoms with Gasteiger partial charge in [-0.15, -0.1) is 0 Å². The minimum Gasteiger partial charge on any atom is -0.463 e. The van der Waals surface area contributed by atoms with Crippen LogP contribution in [0.15, 0.2) is 18.3 Å². The molecule has 2 N–H and O–H groups in total. The van der Waals surface area contributed by atoms with Crippen LogP contribution in [0.5, 0.6) is 0 Å². The Kier molecular flexibility index (Phi) is 6.06. The van der Waals surface area contributed by atoms with Crippen molar-refractivity contribution in [3.8, 4) is 0 Å². The third-order valence-corrected chi connectivity index (χ3v) is 3.27. The lowest BCUT2D eigenvalue weighted by atomic mass is 9.92. The van der Waals surface area contributed by atoms with Crippen molar-refractivity contribution in [1.82, 2.24) is 9.88 Å². The largest absolute Gasteiger partial charge is 0.463 e. The molecule has 1 aromatic rings. The number of hydrogen-bond acceptors (Lipinski definition) is 7. The lowest BCUT2D eigenvalue weighted by Gasteiger charge is -2.36. The highest BCUT2D eigenvalue weighted by molar-refractivity contribution is 6.08. The fourth-order valence-corrected chi connectivity index (χ4v) is 2.06. The Morgan fingerprint density at radius 1 is 1.17 bits per heavy atom. The Labute approximate surface area is 134 Å². The number of nitrogens with zero attached hydrogens (tertiary/aromatic N) is 2. The molecule has 0 aliphatic rings. The molecule has 0 bridgehead atoms. The SMILES string of the molecule is CCOC(=O)C(C(=O)OCC)(c1ccc(N)cn1)N(C)C(C)=O. The molecular formula is C15H21N3O5. The fourth-order valence-electron chi connectivity index (χ4n) is 2.06. The summed E-state index contributed by atoms with van der Waals surface area (Å²) >= 11 is 0. The Morgan fingerprint density at radius 2 is 1.70 bits per heavy atom. The van der Waals surface area contributed by atoms with Crippen LogP contribution < -0.4 is 5.73 Å². The number of carbonyl (C=O) groups is 3. The second kappa shape index (κ2) is 7.57. The number of likely N-dealkylation sites (N-methyl/N-ethyl adjacent to an activating group) is 1. The van der Waals surface area contributed by atoms with Gasteiger partial charge in [0.25, 0.3) is 5.54 Å². The number of anilines is 1. The van der Waals surface area contributed by atoms with E-state index in [2.05, 4.69) is 4.98 Å². The molecule has 0 fully saturated rings. The summed E-state index contributed by atoms with van der Waals surface area (Å²) in [4.78, 5) is 42.2. The van der Waals surface area contributed by atoms with Crippen LogP contribution in [0.4, 0.5) is 5.69 Å². The van der Waals surface area contributed by atoms with Crippen molar-refractivity contribution in [2.75, 3.05) is 26.0 Å². The number of esters is 2. The molecule has 8 nitrogen and oxygen atoms in total. The number of hydrogen-bond donors (Lipinski definition) is 1. The van der Waals surface area contributed by atoms with Gasteiger partial charge < -0.3 is 20.1 Å². The minimum absolute atomic E-state index is 0.00120. The molecule has 0 spiro atoms. The van der Waals surface area contributed by atoms with Crippen LogP contribution in [-0.4, -0.2) is 48.0 Å². The van der Waals surface area contributed by atoms with Gasteiger partial charge in [0.1, 0.15) is 0 Å². The van der Waals surface area contributed by atoms with Crippen LogP contribution in [0.25, 0.3) is 0 Å². The van der Waals surface area contributed by atoms with Crippen LogP contribution in [0.1, 0.15) is 26.5 Å². The summed E-state index contributed by atoms with van der Waals surface area (Å²) in [7, 11) is 1.31. The van der Waals surface area contributed by atoms with Crippen LogP contribution in [0.2, 0.25) is 0 Å². The predicted molar refractivity (Wildman–Crippen MR) is 82.0 cm³/mol. The number of nitrogen functional groups attached to an aromatic ring is 1. The van der Waals surface area contributed by atoms with E-state index in [-0.39, 0.29) is 18.9 Å². The molecule has 0 aromatic carbocycles. The summed E-state index contributed by atoms with van der Waals surface area (Å²) < 4.78 is 10.1. The van der Waals surface area contributed by atoms with Crippen molar-refractivity contribution in [1.29, 1.82) is 0 Å². The molecule has 1 heterocycles. The van der Waals surface area contributed by atoms with Gasteiger partial charge >= 0.3 is 11.9 Å². The van der Waals surface area contributed by atoms with E-state index in [1.165, 1.54) is 32.3 Å². The van der Waals surface area contributed by atoms with E-state index in [1.807, 2.05) is 0 Å². The van der Waals surface area contributed by atoms with E-state index in [9.17, 15) is 14.4 Å². The Bertz CT molecular complexity index is 567. The maximum atomic E-state index is 12.6. The third-order valence-electron chi connectivity index (χ3n) is 3.27. The third kappa shape index (κ3) is 3.41. The van der Waals surface area contributed by atoms with Gasteiger partial charge in [-0.2, -0.15) is 0 Å². The lowest BCUT2D eigenvalue weighted by Crippen LogP contribution is -2.59. The standard InChI is InChI=1S/C15H21N3O5/c1-5-22-13(20)15(14(21)23-6-2,18(4)10(3)19)12-8-7-11(16)9-17-12/h7-9H,5-6,16H2,1-4H3. The molecule has 0 unspecified atom stereocenters. The zero-order valence-electron chi connectivity index (χ0n) is 13.7. The number of amides is 1. The van der Waals surface area contributed by atoms with E-state index >= 15 is 0 Å². The molecule has 0 aliphatic heterocycles. The van der Waals surface area contributed by atoms with E-state index in [4.69, 9.17) is 15.2 Å². The molecule has 0 radical (unpaired) electrons. The van der Waals surface area contributed by atoms with Crippen LogP contribution >= 0.6 is 0 Å². The summed E-state index contributed by atoms with van der Waals surface area (Å²) in [5, 5.41) is 0. The molecule has 0 saturated carbocycles. The van der Waals surface area contributed by atoms with Gasteiger partial charge in [-0.25, -0.2) is 9.59 Å². The van der Waals surface area contributed by atoms with Crippen LogP contribution in [-0.2, 0) is 29.4 Å². The lowest BCUT2D eigenvalue weighted by molar-refractivity contribution is -0.179. The molecule has 0 aliphatic carbocycles. The quantitative estimate of drug-likeness (QED) is 0.598. The summed E-state index contributed by atoms with van der Waals surface area (Å²) in [6.07, 6.45) is 1.29. The first-order valence-corrected chi connectivity index (χ1v) is 7.13. The average molecular weight is 323 g/mol. The molecular weight excluding hydrogens is 302 g/mol. The van der Waals surface area contributed by atoms with E-state index in [0.29, 0.717) is 5.69 Å². The fraction of sp³-hybridized carbons (Fsp3) is 0.467. The number of ether oxygens (including phenoxy) is 2. The van der Waals surface area contributed by atoms with Gasteiger partial charge in [-0.3, -0.25) is 9.78 Å². The highest BCUT2D eigenvalue weighted by atomic mass is 16.6.